The number of hydrogen-bond acceptors (Lipinski definition) is 7. The van der Waals surface area contributed by atoms with Gasteiger partial charge < -0.3 is 4.90 Å². The second kappa shape index (κ2) is 7.64. The van der Waals surface area contributed by atoms with Crippen molar-refractivity contribution in [2.75, 3.05) is 25.0 Å². The van der Waals surface area contributed by atoms with Gasteiger partial charge in [-0.05, 0) is 32.8 Å². The van der Waals surface area contributed by atoms with Crippen molar-refractivity contribution in [3.63, 3.8) is 0 Å². The van der Waals surface area contributed by atoms with Gasteiger partial charge in [0.05, 0.1) is 16.9 Å². The van der Waals surface area contributed by atoms with Crippen LogP contribution in [-0.4, -0.2) is 52.4 Å². The molecule has 1 aliphatic heterocycles. The molecule has 6 nitrogen and oxygen atoms in total. The monoisotopic (exact) mass is 374 g/mol. The lowest BCUT2D eigenvalue weighted by molar-refractivity contribution is 0.238. The van der Waals surface area contributed by atoms with E-state index in [9.17, 15) is 9.65 Å². The van der Waals surface area contributed by atoms with Crippen LogP contribution in [0.25, 0.3) is 0 Å². The van der Waals surface area contributed by atoms with Gasteiger partial charge in [0, 0.05) is 37.6 Å². The molecule has 138 valence electrons. The minimum atomic E-state index is -0.831. The molecule has 3 heterocycles. The van der Waals surface area contributed by atoms with E-state index in [0.29, 0.717) is 37.4 Å². The molecule has 0 saturated carbocycles. The lowest BCUT2D eigenvalue weighted by atomic mass is 10.1. The fraction of sp³-hybridized carbons (Fsp3) is 0.556. The van der Waals surface area contributed by atoms with Crippen molar-refractivity contribution in [2.45, 2.75) is 46.0 Å². The number of likely N-dealkylation sites (N-methyl/N-ethyl adjacent to an activating group) is 1. The largest absolute Gasteiger partial charge is 0.356 e. The number of hydrogen-bond donors (Lipinski definition) is 0. The van der Waals surface area contributed by atoms with E-state index in [4.69, 9.17) is 0 Å². The summed E-state index contributed by atoms with van der Waals surface area (Å²) in [5, 5.41) is 17.9. The molecule has 2 aromatic heterocycles. The van der Waals surface area contributed by atoms with E-state index >= 15 is 0 Å². The van der Waals surface area contributed by atoms with Gasteiger partial charge in [0.25, 0.3) is 0 Å². The summed E-state index contributed by atoms with van der Waals surface area (Å²) in [4.78, 5) is 9.55. The van der Waals surface area contributed by atoms with Gasteiger partial charge in [0.1, 0.15) is 17.8 Å². The number of nitriles is 1. The van der Waals surface area contributed by atoms with Crippen LogP contribution < -0.4 is 4.90 Å². The summed E-state index contributed by atoms with van der Waals surface area (Å²) in [6.07, 6.45) is -0.342. The number of rotatable bonds is 5. The Labute approximate surface area is 157 Å². The smallest absolute Gasteiger partial charge is 0.169 e. The van der Waals surface area contributed by atoms with Gasteiger partial charge in [-0.15, -0.1) is 16.4 Å². The lowest BCUT2D eigenvalue weighted by Gasteiger charge is -2.29. The van der Waals surface area contributed by atoms with Crippen molar-refractivity contribution in [1.29, 1.82) is 5.26 Å². The SMILES string of the molecule is Cc1ncsc1CN1C[C@@H](F)C[C@H]1CN(C)c1nnc(C)c(C)c1C#N. The molecule has 0 aromatic carbocycles. The molecule has 0 aliphatic carbocycles. The molecule has 0 radical (unpaired) electrons. The molecule has 0 spiro atoms. The average Bonchev–Trinajstić information content (AvgIpc) is 3.15. The molecule has 2 aromatic rings. The summed E-state index contributed by atoms with van der Waals surface area (Å²) in [7, 11) is 1.89. The van der Waals surface area contributed by atoms with Crippen LogP contribution in [0.2, 0.25) is 0 Å². The highest BCUT2D eigenvalue weighted by Crippen LogP contribution is 2.27. The molecular formula is C18H23FN6S. The zero-order valence-electron chi connectivity index (χ0n) is 15.5. The van der Waals surface area contributed by atoms with Crippen molar-refractivity contribution in [1.82, 2.24) is 20.1 Å². The summed E-state index contributed by atoms with van der Waals surface area (Å²) in [6, 6.07) is 2.30. The molecule has 26 heavy (non-hydrogen) atoms. The Bertz CT molecular complexity index is 830. The average molecular weight is 374 g/mol. The van der Waals surface area contributed by atoms with Crippen LogP contribution >= 0.6 is 11.3 Å². The molecule has 0 amide bonds. The fourth-order valence-corrected chi connectivity index (χ4v) is 4.17. The molecule has 8 heteroatoms. The van der Waals surface area contributed by atoms with E-state index in [1.165, 1.54) is 4.88 Å². The van der Waals surface area contributed by atoms with Gasteiger partial charge in [-0.25, -0.2) is 9.37 Å². The third kappa shape index (κ3) is 3.69. The van der Waals surface area contributed by atoms with Crippen molar-refractivity contribution in [3.8, 4) is 6.07 Å². The Kier molecular flexibility index (Phi) is 5.49. The third-order valence-electron chi connectivity index (χ3n) is 5.06. The van der Waals surface area contributed by atoms with Gasteiger partial charge in [-0.1, -0.05) is 0 Å². The Morgan fingerprint density at radius 3 is 2.77 bits per heavy atom. The maximum absolute atomic E-state index is 14.1. The first-order valence-corrected chi connectivity index (χ1v) is 9.50. The van der Waals surface area contributed by atoms with Gasteiger partial charge in [-0.2, -0.15) is 10.4 Å². The molecule has 1 saturated heterocycles. The third-order valence-corrected chi connectivity index (χ3v) is 5.98. The number of aromatic nitrogens is 3. The Morgan fingerprint density at radius 2 is 2.12 bits per heavy atom. The molecule has 0 N–H and O–H groups in total. The highest BCUT2D eigenvalue weighted by atomic mass is 32.1. The van der Waals surface area contributed by atoms with Crippen LogP contribution in [-0.2, 0) is 6.54 Å². The second-order valence-corrected chi connectivity index (χ2v) is 7.82. The quantitative estimate of drug-likeness (QED) is 0.802. The van der Waals surface area contributed by atoms with E-state index in [0.717, 1.165) is 17.0 Å². The second-order valence-electron chi connectivity index (χ2n) is 6.88. The van der Waals surface area contributed by atoms with Crippen LogP contribution in [0.1, 0.15) is 33.8 Å². The minimum absolute atomic E-state index is 0.0615. The number of halogens is 1. The number of nitrogens with zero attached hydrogens (tertiary/aromatic N) is 6. The van der Waals surface area contributed by atoms with Crippen molar-refractivity contribution < 1.29 is 4.39 Å². The van der Waals surface area contributed by atoms with Gasteiger partial charge >= 0.3 is 0 Å². The van der Waals surface area contributed by atoms with E-state index in [-0.39, 0.29) is 6.04 Å². The van der Waals surface area contributed by atoms with Gasteiger partial charge in [0.15, 0.2) is 5.82 Å². The highest BCUT2D eigenvalue weighted by molar-refractivity contribution is 7.09. The molecule has 1 fully saturated rings. The number of thiazole rings is 1. The van der Waals surface area contributed by atoms with Gasteiger partial charge in [-0.3, -0.25) is 4.90 Å². The first kappa shape index (κ1) is 18.7. The summed E-state index contributed by atoms with van der Waals surface area (Å²) >= 11 is 1.61. The van der Waals surface area contributed by atoms with Crippen LogP contribution in [0.3, 0.4) is 0 Å². The summed E-state index contributed by atoms with van der Waals surface area (Å²) in [6.45, 7) is 7.45. The Balaban J connectivity index is 1.77. The predicted octanol–water partition coefficient (Wildman–Crippen LogP) is 2.78. The van der Waals surface area contributed by atoms with Crippen LogP contribution in [0, 0.1) is 32.1 Å². The van der Waals surface area contributed by atoms with Crippen LogP contribution in [0.5, 0.6) is 0 Å². The van der Waals surface area contributed by atoms with Crippen LogP contribution in [0.4, 0.5) is 10.2 Å². The zero-order valence-corrected chi connectivity index (χ0v) is 16.3. The van der Waals surface area contributed by atoms with Crippen molar-refractivity contribution in [2.24, 2.45) is 0 Å². The molecule has 3 rings (SSSR count). The molecule has 0 bridgehead atoms. The standard InChI is InChI=1S/C18H23FN6S/c1-11-12(2)22-23-18(16(11)6-20)24(4)8-15-5-14(19)7-25(15)9-17-13(3)21-10-26-17/h10,14-15H,5,7-9H2,1-4H3/t14-,15-/m0/s1. The van der Waals surface area contributed by atoms with Crippen molar-refractivity contribution in [3.05, 3.63) is 32.9 Å². The van der Waals surface area contributed by atoms with E-state index in [1.807, 2.05) is 38.2 Å². The Morgan fingerprint density at radius 1 is 1.35 bits per heavy atom. The topological polar surface area (TPSA) is 68.9 Å². The lowest BCUT2D eigenvalue weighted by Crippen LogP contribution is -2.39. The van der Waals surface area contributed by atoms with Crippen molar-refractivity contribution >= 4 is 17.2 Å². The summed E-state index contributed by atoms with van der Waals surface area (Å²) < 4.78 is 14.1. The van der Waals surface area contributed by atoms with Crippen LogP contribution in [0.15, 0.2) is 5.51 Å². The number of alkyl halides is 1. The summed E-state index contributed by atoms with van der Waals surface area (Å²) in [5.74, 6) is 0.562. The van der Waals surface area contributed by atoms with E-state index < -0.39 is 6.17 Å². The first-order valence-electron chi connectivity index (χ1n) is 8.62. The van der Waals surface area contributed by atoms with E-state index in [2.05, 4.69) is 26.2 Å². The molecule has 1 aliphatic rings. The first-order chi connectivity index (χ1) is 12.4. The van der Waals surface area contributed by atoms with Gasteiger partial charge in [0.2, 0.25) is 0 Å². The summed E-state index contributed by atoms with van der Waals surface area (Å²) in [5.41, 5.74) is 4.98. The molecule has 0 unspecified atom stereocenters. The maximum Gasteiger partial charge on any atom is 0.169 e. The molecular weight excluding hydrogens is 351 g/mol. The predicted molar refractivity (Wildman–Crippen MR) is 100 cm³/mol. The fourth-order valence-electron chi connectivity index (χ4n) is 3.37. The minimum Gasteiger partial charge on any atom is -0.356 e. The number of likely N-dealkylation sites (tertiary alicyclic amines) is 1. The Hall–Kier alpha value is -2.11. The number of anilines is 1. The maximum atomic E-state index is 14.1. The number of aryl methyl sites for hydroxylation is 2. The molecule has 2 atom stereocenters. The van der Waals surface area contributed by atoms with E-state index in [1.54, 1.807) is 11.3 Å². The highest BCUT2D eigenvalue weighted by Gasteiger charge is 2.34. The normalized spacial score (nSPS) is 20.3. The zero-order chi connectivity index (χ0) is 18.8.